The smallest absolute Gasteiger partial charge is 0.254 e. The number of hydrogen-bond acceptors (Lipinski definition) is 2. The van der Waals surface area contributed by atoms with Crippen molar-refractivity contribution >= 4 is 17.5 Å². The zero-order valence-electron chi connectivity index (χ0n) is 11.6. The molecule has 1 atom stereocenters. The van der Waals surface area contributed by atoms with Crippen molar-refractivity contribution in [3.63, 3.8) is 0 Å². The summed E-state index contributed by atoms with van der Waals surface area (Å²) in [5.41, 5.74) is 1.61. The molecule has 1 saturated heterocycles. The summed E-state index contributed by atoms with van der Waals surface area (Å²) < 4.78 is 0. The van der Waals surface area contributed by atoms with Crippen LogP contribution in [-0.4, -0.2) is 37.0 Å². The van der Waals surface area contributed by atoms with Gasteiger partial charge in [0.1, 0.15) is 0 Å². The van der Waals surface area contributed by atoms with Gasteiger partial charge in [0, 0.05) is 29.7 Å². The topological polar surface area (TPSA) is 32.3 Å². The van der Waals surface area contributed by atoms with Crippen molar-refractivity contribution in [2.45, 2.75) is 32.2 Å². The molecule has 104 valence electrons. The number of carbonyl (C=O) groups is 1. The highest BCUT2D eigenvalue weighted by molar-refractivity contribution is 6.31. The molecule has 1 heterocycles. The molecule has 0 spiro atoms. The molecule has 3 nitrogen and oxygen atoms in total. The van der Waals surface area contributed by atoms with E-state index in [1.807, 2.05) is 37.1 Å². The van der Waals surface area contributed by atoms with Crippen molar-refractivity contribution in [3.05, 3.63) is 34.3 Å². The van der Waals surface area contributed by atoms with Crippen LogP contribution in [0.15, 0.2) is 18.2 Å². The first-order valence-electron chi connectivity index (χ1n) is 6.86. The Bertz CT molecular complexity index is 459. The first-order chi connectivity index (χ1) is 9.15. The van der Waals surface area contributed by atoms with Crippen molar-refractivity contribution in [2.75, 3.05) is 20.1 Å². The number of carbonyl (C=O) groups excluding carboxylic acids is 1. The molecule has 4 heteroatoms. The highest BCUT2D eigenvalue weighted by Gasteiger charge is 2.27. The molecule has 0 saturated carbocycles. The third-order valence-electron chi connectivity index (χ3n) is 3.83. The summed E-state index contributed by atoms with van der Waals surface area (Å²) in [7, 11) is 1.93. The van der Waals surface area contributed by atoms with Crippen LogP contribution < -0.4 is 5.32 Å². The summed E-state index contributed by atoms with van der Waals surface area (Å²) in [4.78, 5) is 14.7. The van der Waals surface area contributed by atoms with Crippen molar-refractivity contribution in [1.82, 2.24) is 10.2 Å². The Morgan fingerprint density at radius 1 is 1.47 bits per heavy atom. The second kappa shape index (κ2) is 6.40. The molecular weight excluding hydrogens is 260 g/mol. The van der Waals surface area contributed by atoms with E-state index in [1.54, 1.807) is 0 Å². The van der Waals surface area contributed by atoms with Gasteiger partial charge in [-0.05, 0) is 50.9 Å². The minimum Gasteiger partial charge on any atom is -0.334 e. The number of likely N-dealkylation sites (tertiary alicyclic amines) is 1. The van der Waals surface area contributed by atoms with Crippen LogP contribution in [-0.2, 0) is 0 Å². The summed E-state index contributed by atoms with van der Waals surface area (Å²) in [5.74, 6) is 0.111. The van der Waals surface area contributed by atoms with E-state index in [0.29, 0.717) is 11.1 Å². The van der Waals surface area contributed by atoms with E-state index in [9.17, 15) is 4.79 Å². The Labute approximate surface area is 119 Å². The van der Waals surface area contributed by atoms with Gasteiger partial charge in [0.25, 0.3) is 5.91 Å². The second-order valence-corrected chi connectivity index (χ2v) is 5.53. The predicted molar refractivity (Wildman–Crippen MR) is 78.8 cm³/mol. The van der Waals surface area contributed by atoms with Gasteiger partial charge in [-0.3, -0.25) is 4.79 Å². The van der Waals surface area contributed by atoms with E-state index in [1.165, 1.54) is 6.42 Å². The van der Waals surface area contributed by atoms with Gasteiger partial charge in [-0.2, -0.15) is 0 Å². The molecule has 1 aromatic rings. The number of halogens is 1. The maximum Gasteiger partial charge on any atom is 0.254 e. The Kier molecular flexibility index (Phi) is 4.83. The summed E-state index contributed by atoms with van der Waals surface area (Å²) >= 11 is 6.11. The van der Waals surface area contributed by atoms with Crippen LogP contribution in [0.4, 0.5) is 0 Å². The van der Waals surface area contributed by atoms with Crippen LogP contribution in [0, 0.1) is 6.92 Å². The normalized spacial score (nSPS) is 19.5. The molecule has 0 radical (unpaired) electrons. The van der Waals surface area contributed by atoms with Gasteiger partial charge >= 0.3 is 0 Å². The molecule has 19 heavy (non-hydrogen) atoms. The molecule has 1 fully saturated rings. The van der Waals surface area contributed by atoms with E-state index < -0.39 is 0 Å². The molecule has 0 bridgehead atoms. The van der Waals surface area contributed by atoms with Crippen LogP contribution in [0.25, 0.3) is 0 Å². The number of rotatable bonds is 3. The fourth-order valence-electron chi connectivity index (χ4n) is 2.71. The van der Waals surface area contributed by atoms with E-state index in [-0.39, 0.29) is 5.91 Å². The van der Waals surface area contributed by atoms with Crippen LogP contribution >= 0.6 is 11.6 Å². The number of piperidine rings is 1. The quantitative estimate of drug-likeness (QED) is 0.923. The van der Waals surface area contributed by atoms with Crippen LogP contribution in [0.3, 0.4) is 0 Å². The van der Waals surface area contributed by atoms with Crippen molar-refractivity contribution in [1.29, 1.82) is 0 Å². The molecule has 2 rings (SSSR count). The lowest BCUT2D eigenvalue weighted by atomic mass is 9.99. The van der Waals surface area contributed by atoms with E-state index in [4.69, 9.17) is 11.6 Å². The van der Waals surface area contributed by atoms with Gasteiger partial charge < -0.3 is 10.2 Å². The van der Waals surface area contributed by atoms with E-state index in [0.717, 1.165) is 37.1 Å². The highest BCUT2D eigenvalue weighted by Crippen LogP contribution is 2.24. The zero-order valence-corrected chi connectivity index (χ0v) is 12.3. The standard InChI is InChI=1S/C15H21ClN2O/c1-11-13(7-5-8-14(11)16)15(19)18-9-4-3-6-12(18)10-17-2/h5,7-8,12,17H,3-4,6,9-10H2,1-2H3. The SMILES string of the molecule is CNCC1CCCCN1C(=O)c1cccc(Cl)c1C. The molecule has 0 aromatic heterocycles. The molecule has 1 aliphatic heterocycles. The maximum absolute atomic E-state index is 12.7. The first kappa shape index (κ1) is 14.4. The zero-order chi connectivity index (χ0) is 13.8. The Hall–Kier alpha value is -1.06. The number of hydrogen-bond donors (Lipinski definition) is 1. The average molecular weight is 281 g/mol. The van der Waals surface area contributed by atoms with Crippen molar-refractivity contribution in [2.24, 2.45) is 0 Å². The van der Waals surface area contributed by atoms with Crippen molar-refractivity contribution < 1.29 is 4.79 Å². The number of amides is 1. The van der Waals surface area contributed by atoms with Crippen molar-refractivity contribution in [3.8, 4) is 0 Å². The summed E-state index contributed by atoms with van der Waals surface area (Å²) in [6.07, 6.45) is 3.36. The molecule has 1 unspecified atom stereocenters. The highest BCUT2D eigenvalue weighted by atomic mass is 35.5. The number of nitrogens with one attached hydrogen (secondary N) is 1. The minimum absolute atomic E-state index is 0.111. The predicted octanol–water partition coefficient (Wildman–Crippen LogP) is 2.86. The van der Waals surface area contributed by atoms with Gasteiger partial charge in [-0.25, -0.2) is 0 Å². The van der Waals surface area contributed by atoms with Gasteiger partial charge in [0.05, 0.1) is 0 Å². The Balaban J connectivity index is 2.23. The number of likely N-dealkylation sites (N-methyl/N-ethyl adjacent to an activating group) is 1. The summed E-state index contributed by atoms with van der Waals surface area (Å²) in [5, 5.41) is 3.84. The lowest BCUT2D eigenvalue weighted by Gasteiger charge is -2.36. The molecule has 1 N–H and O–H groups in total. The van der Waals surface area contributed by atoms with Crippen LogP contribution in [0.5, 0.6) is 0 Å². The molecule has 1 amide bonds. The van der Waals surface area contributed by atoms with Gasteiger partial charge in [-0.15, -0.1) is 0 Å². The summed E-state index contributed by atoms with van der Waals surface area (Å²) in [6.45, 7) is 3.61. The summed E-state index contributed by atoms with van der Waals surface area (Å²) in [6, 6.07) is 5.84. The fourth-order valence-corrected chi connectivity index (χ4v) is 2.88. The lowest BCUT2D eigenvalue weighted by Crippen LogP contribution is -2.48. The third kappa shape index (κ3) is 3.10. The minimum atomic E-state index is 0.111. The molecule has 1 aromatic carbocycles. The molecule has 0 aliphatic carbocycles. The van der Waals surface area contributed by atoms with Gasteiger partial charge in [-0.1, -0.05) is 17.7 Å². The molecule has 1 aliphatic rings. The molecular formula is C15H21ClN2O. The Morgan fingerprint density at radius 2 is 2.26 bits per heavy atom. The van der Waals surface area contributed by atoms with Crippen LogP contribution in [0.1, 0.15) is 35.2 Å². The van der Waals surface area contributed by atoms with E-state index in [2.05, 4.69) is 5.32 Å². The van der Waals surface area contributed by atoms with Gasteiger partial charge in [0.15, 0.2) is 0 Å². The largest absolute Gasteiger partial charge is 0.334 e. The number of nitrogens with zero attached hydrogens (tertiary/aromatic N) is 1. The van der Waals surface area contributed by atoms with E-state index >= 15 is 0 Å². The monoisotopic (exact) mass is 280 g/mol. The Morgan fingerprint density at radius 3 is 3.00 bits per heavy atom. The van der Waals surface area contributed by atoms with Gasteiger partial charge in [0.2, 0.25) is 0 Å². The van der Waals surface area contributed by atoms with Crippen LogP contribution in [0.2, 0.25) is 5.02 Å². The average Bonchev–Trinajstić information content (AvgIpc) is 2.42. The number of benzene rings is 1. The second-order valence-electron chi connectivity index (χ2n) is 5.12. The fraction of sp³-hybridized carbons (Fsp3) is 0.533. The lowest BCUT2D eigenvalue weighted by molar-refractivity contribution is 0.0614. The third-order valence-corrected chi connectivity index (χ3v) is 4.24. The first-order valence-corrected chi connectivity index (χ1v) is 7.23. The maximum atomic E-state index is 12.7.